The summed E-state index contributed by atoms with van der Waals surface area (Å²) in [6.45, 7) is 0. The van der Waals surface area contributed by atoms with Crippen LogP contribution in [0.4, 0.5) is 0 Å². The normalized spacial score (nSPS) is 11.6. The minimum Gasteiger partial charge on any atom is -0.457 e. The summed E-state index contributed by atoms with van der Waals surface area (Å²) in [5.74, 6) is 1.47. The molecule has 0 bridgehead atoms. The quantitative estimate of drug-likeness (QED) is 0.220. The van der Waals surface area contributed by atoms with Crippen molar-refractivity contribution in [1.29, 1.82) is 0 Å². The van der Waals surface area contributed by atoms with Crippen LogP contribution in [0.3, 0.4) is 0 Å². The van der Waals surface area contributed by atoms with E-state index in [0.717, 1.165) is 28.2 Å². The van der Waals surface area contributed by atoms with Crippen LogP contribution in [0.15, 0.2) is 140 Å². The molecule has 0 N–H and O–H groups in total. The summed E-state index contributed by atoms with van der Waals surface area (Å²) >= 11 is 6.64. The van der Waals surface area contributed by atoms with Crippen LogP contribution in [0.5, 0.6) is 11.5 Å². The van der Waals surface area contributed by atoms with Gasteiger partial charge in [-0.25, -0.2) is 0 Å². The summed E-state index contributed by atoms with van der Waals surface area (Å²) in [7, 11) is 0. The molecule has 8 aromatic rings. The smallest absolute Gasteiger partial charge is 0.131 e. The molecule has 0 atom stereocenters. The summed E-state index contributed by atoms with van der Waals surface area (Å²) in [5, 5.41) is 5.50. The molecule has 0 spiro atoms. The minimum absolute atomic E-state index is 0.622. The molecule has 0 saturated heterocycles. The Morgan fingerprint density at radius 2 is 0.925 bits per heavy atom. The molecule has 2 aromatic heterocycles. The lowest BCUT2D eigenvalue weighted by Gasteiger charge is -2.13. The number of benzene rings is 6. The van der Waals surface area contributed by atoms with Crippen LogP contribution in [-0.2, 0) is 0 Å². The van der Waals surface area contributed by atoms with Crippen molar-refractivity contribution in [3.63, 3.8) is 0 Å². The topological polar surface area (TPSA) is 19.1 Å². The molecular weight excluding hydrogens is 512 g/mol. The van der Waals surface area contributed by atoms with E-state index in [1.807, 2.05) is 48.5 Å². The largest absolute Gasteiger partial charge is 0.457 e. The highest BCUT2D eigenvalue weighted by Crippen LogP contribution is 2.38. The van der Waals surface area contributed by atoms with Gasteiger partial charge in [0.2, 0.25) is 0 Å². The Kier molecular flexibility index (Phi) is 5.19. The second-order valence-corrected chi connectivity index (χ2v) is 10.4. The number of rotatable bonds is 4. The third kappa shape index (κ3) is 3.59. The van der Waals surface area contributed by atoms with E-state index in [1.54, 1.807) is 0 Å². The molecule has 0 unspecified atom stereocenters. The van der Waals surface area contributed by atoms with Gasteiger partial charge in [0.15, 0.2) is 0 Å². The van der Waals surface area contributed by atoms with Crippen molar-refractivity contribution in [3.05, 3.63) is 145 Å². The Morgan fingerprint density at radius 1 is 0.400 bits per heavy atom. The average molecular weight is 535 g/mol. The third-order valence-electron chi connectivity index (χ3n) is 7.59. The molecule has 40 heavy (non-hydrogen) atoms. The molecule has 190 valence electrons. The number of aromatic nitrogens is 2. The van der Waals surface area contributed by atoms with Gasteiger partial charge in [0.25, 0.3) is 0 Å². The lowest BCUT2D eigenvalue weighted by Crippen LogP contribution is -1.96. The highest BCUT2D eigenvalue weighted by Gasteiger charge is 2.17. The maximum atomic E-state index is 6.64. The number of halogens is 1. The Labute approximate surface area is 236 Å². The predicted molar refractivity (Wildman–Crippen MR) is 167 cm³/mol. The van der Waals surface area contributed by atoms with Crippen molar-refractivity contribution in [2.45, 2.75) is 0 Å². The molecule has 2 heterocycles. The number of nitrogens with zero attached hydrogens (tertiary/aromatic N) is 2. The molecule has 0 amide bonds. The first-order valence-electron chi connectivity index (χ1n) is 13.3. The lowest BCUT2D eigenvalue weighted by molar-refractivity contribution is 0.482. The van der Waals surface area contributed by atoms with Crippen LogP contribution in [0.1, 0.15) is 0 Å². The van der Waals surface area contributed by atoms with Crippen molar-refractivity contribution < 1.29 is 4.74 Å². The standard InChI is InChI=1S/C36H23ClN2O/c37-24-20-26(22-28(21-24)40-27-10-2-1-3-11-27)39-35-17-9-6-14-31(35)32-23-25(18-19-36(32)39)38-33-15-7-4-12-29(33)30-13-5-8-16-34(30)38/h1-23H. The van der Waals surface area contributed by atoms with Gasteiger partial charge in [-0.05, 0) is 60.7 Å². The van der Waals surface area contributed by atoms with Crippen LogP contribution in [0, 0.1) is 0 Å². The molecule has 0 aliphatic rings. The van der Waals surface area contributed by atoms with Crippen molar-refractivity contribution >= 4 is 55.2 Å². The van der Waals surface area contributed by atoms with E-state index >= 15 is 0 Å². The second-order valence-electron chi connectivity index (χ2n) is 9.98. The summed E-state index contributed by atoms with van der Waals surface area (Å²) < 4.78 is 10.8. The summed E-state index contributed by atoms with van der Waals surface area (Å²) in [6, 6.07) is 48.2. The molecule has 0 aliphatic heterocycles. The van der Waals surface area contributed by atoms with E-state index < -0.39 is 0 Å². The van der Waals surface area contributed by atoms with Gasteiger partial charge >= 0.3 is 0 Å². The number of hydrogen-bond acceptors (Lipinski definition) is 1. The van der Waals surface area contributed by atoms with Crippen molar-refractivity contribution in [3.8, 4) is 22.9 Å². The Hall–Kier alpha value is -4.99. The Balaban J connectivity index is 1.36. The minimum atomic E-state index is 0.622. The fourth-order valence-electron chi connectivity index (χ4n) is 5.94. The van der Waals surface area contributed by atoms with Gasteiger partial charge in [-0.1, -0.05) is 84.4 Å². The van der Waals surface area contributed by atoms with Gasteiger partial charge in [-0.15, -0.1) is 0 Å². The van der Waals surface area contributed by atoms with Crippen LogP contribution < -0.4 is 4.74 Å². The third-order valence-corrected chi connectivity index (χ3v) is 7.81. The number of para-hydroxylation sites is 4. The van der Waals surface area contributed by atoms with Gasteiger partial charge in [0.05, 0.1) is 27.8 Å². The average Bonchev–Trinajstić information content (AvgIpc) is 3.50. The number of fused-ring (bicyclic) bond motifs is 6. The van der Waals surface area contributed by atoms with Gasteiger partial charge in [-0.2, -0.15) is 0 Å². The number of hydrogen-bond donors (Lipinski definition) is 0. The maximum absolute atomic E-state index is 6.64. The molecule has 0 fully saturated rings. The molecule has 8 rings (SSSR count). The van der Waals surface area contributed by atoms with E-state index in [0.29, 0.717) is 10.8 Å². The van der Waals surface area contributed by atoms with Crippen LogP contribution in [0.2, 0.25) is 5.02 Å². The summed E-state index contributed by atoms with van der Waals surface area (Å²) in [5.41, 5.74) is 6.71. The second kappa shape index (κ2) is 9.04. The molecule has 3 nitrogen and oxygen atoms in total. The zero-order valence-corrected chi connectivity index (χ0v) is 22.2. The molecule has 0 saturated carbocycles. The summed E-state index contributed by atoms with van der Waals surface area (Å²) in [4.78, 5) is 0. The first-order chi connectivity index (χ1) is 19.7. The number of ether oxygens (including phenoxy) is 1. The van der Waals surface area contributed by atoms with Crippen LogP contribution >= 0.6 is 11.6 Å². The Bertz CT molecular complexity index is 2150. The highest BCUT2D eigenvalue weighted by atomic mass is 35.5. The fourth-order valence-corrected chi connectivity index (χ4v) is 6.16. The van der Waals surface area contributed by atoms with E-state index in [1.165, 1.54) is 32.6 Å². The molecular formula is C36H23ClN2O. The van der Waals surface area contributed by atoms with E-state index in [4.69, 9.17) is 16.3 Å². The Morgan fingerprint density at radius 3 is 1.57 bits per heavy atom. The molecule has 0 radical (unpaired) electrons. The maximum Gasteiger partial charge on any atom is 0.131 e. The van der Waals surface area contributed by atoms with Gasteiger partial charge in [0.1, 0.15) is 11.5 Å². The SMILES string of the molecule is Clc1cc(Oc2ccccc2)cc(-n2c3ccccc3c3cc(-n4c5ccccc5c5ccccc54)ccc32)c1. The van der Waals surface area contributed by atoms with E-state index in [-0.39, 0.29) is 0 Å². The van der Waals surface area contributed by atoms with E-state index in [2.05, 4.69) is 100 Å². The fraction of sp³-hybridized carbons (Fsp3) is 0. The predicted octanol–water partition coefficient (Wildman–Crippen LogP) is 10.3. The van der Waals surface area contributed by atoms with Crippen LogP contribution in [0.25, 0.3) is 55.0 Å². The van der Waals surface area contributed by atoms with Crippen molar-refractivity contribution in [2.24, 2.45) is 0 Å². The van der Waals surface area contributed by atoms with Crippen LogP contribution in [-0.4, -0.2) is 9.13 Å². The van der Waals surface area contributed by atoms with Gasteiger partial charge in [0, 0.05) is 38.3 Å². The molecule has 0 aliphatic carbocycles. The van der Waals surface area contributed by atoms with E-state index in [9.17, 15) is 0 Å². The molecule has 4 heteroatoms. The highest BCUT2D eigenvalue weighted by molar-refractivity contribution is 6.31. The first-order valence-corrected chi connectivity index (χ1v) is 13.7. The van der Waals surface area contributed by atoms with Gasteiger partial charge in [-0.3, -0.25) is 0 Å². The van der Waals surface area contributed by atoms with Crippen molar-refractivity contribution in [2.75, 3.05) is 0 Å². The van der Waals surface area contributed by atoms with Crippen molar-refractivity contribution in [1.82, 2.24) is 9.13 Å². The lowest BCUT2D eigenvalue weighted by atomic mass is 10.1. The summed E-state index contributed by atoms with van der Waals surface area (Å²) in [6.07, 6.45) is 0. The molecule has 6 aromatic carbocycles. The zero-order chi connectivity index (χ0) is 26.6. The zero-order valence-electron chi connectivity index (χ0n) is 21.5. The monoisotopic (exact) mass is 534 g/mol. The first kappa shape index (κ1) is 22.9. The van der Waals surface area contributed by atoms with Gasteiger partial charge < -0.3 is 13.9 Å².